The molecular weight excluding hydrogens is 228 g/mol. The molecule has 1 aliphatic heterocycles. The molecule has 0 aliphatic carbocycles. The molecule has 0 saturated carbocycles. The van der Waals surface area contributed by atoms with Crippen LogP contribution in [0.5, 0.6) is 0 Å². The zero-order valence-corrected chi connectivity index (χ0v) is 9.93. The van der Waals surface area contributed by atoms with E-state index in [9.17, 15) is 4.79 Å². The van der Waals surface area contributed by atoms with Crippen LogP contribution in [0.3, 0.4) is 0 Å². The second kappa shape index (κ2) is 4.74. The van der Waals surface area contributed by atoms with Crippen LogP contribution in [0.15, 0.2) is 41.2 Å². The molecule has 2 heterocycles. The van der Waals surface area contributed by atoms with Crippen molar-refractivity contribution < 1.29 is 4.74 Å². The first-order chi connectivity index (χ1) is 8.83. The Labute approximate surface area is 105 Å². The van der Waals surface area contributed by atoms with Gasteiger partial charge >= 0.3 is 0 Å². The van der Waals surface area contributed by atoms with Crippen LogP contribution in [-0.4, -0.2) is 23.2 Å². The zero-order valence-electron chi connectivity index (χ0n) is 9.93. The minimum atomic E-state index is -0.106. The Bertz CT molecular complexity index is 586. The van der Waals surface area contributed by atoms with Gasteiger partial charge in [-0.1, -0.05) is 30.3 Å². The first-order valence-electron chi connectivity index (χ1n) is 6.07. The van der Waals surface area contributed by atoms with Gasteiger partial charge in [0.2, 0.25) is 0 Å². The summed E-state index contributed by atoms with van der Waals surface area (Å²) in [5, 5.41) is 0. The van der Waals surface area contributed by atoms with Crippen molar-refractivity contribution in [1.29, 1.82) is 0 Å². The van der Waals surface area contributed by atoms with Gasteiger partial charge in [-0.3, -0.25) is 4.79 Å². The quantitative estimate of drug-likeness (QED) is 0.875. The molecular formula is C14H14N2O2. The Morgan fingerprint density at radius 1 is 1.28 bits per heavy atom. The van der Waals surface area contributed by atoms with Crippen LogP contribution in [0.2, 0.25) is 0 Å². The van der Waals surface area contributed by atoms with Crippen LogP contribution in [0.1, 0.15) is 18.2 Å². The molecule has 1 aromatic heterocycles. The summed E-state index contributed by atoms with van der Waals surface area (Å²) < 4.78 is 5.33. The number of aromatic nitrogens is 2. The lowest BCUT2D eigenvalue weighted by Gasteiger charge is -2.08. The number of rotatable bonds is 2. The van der Waals surface area contributed by atoms with Gasteiger partial charge in [-0.2, -0.15) is 0 Å². The maximum Gasteiger partial charge on any atom is 0.251 e. The normalized spacial score (nSPS) is 19.0. The van der Waals surface area contributed by atoms with Crippen LogP contribution in [0.25, 0.3) is 11.3 Å². The highest BCUT2D eigenvalue weighted by atomic mass is 16.5. The summed E-state index contributed by atoms with van der Waals surface area (Å²) in [6, 6.07) is 11.3. The van der Waals surface area contributed by atoms with E-state index in [4.69, 9.17) is 4.74 Å². The maximum atomic E-state index is 11.7. The molecule has 1 N–H and O–H groups in total. The molecule has 3 rings (SSSR count). The van der Waals surface area contributed by atoms with Gasteiger partial charge in [0.25, 0.3) is 5.56 Å². The van der Waals surface area contributed by atoms with E-state index in [1.165, 1.54) is 6.07 Å². The summed E-state index contributed by atoms with van der Waals surface area (Å²) in [7, 11) is 0. The van der Waals surface area contributed by atoms with Gasteiger partial charge in [-0.25, -0.2) is 4.98 Å². The second-order valence-electron chi connectivity index (χ2n) is 4.44. The lowest BCUT2D eigenvalue weighted by Crippen LogP contribution is -2.14. The van der Waals surface area contributed by atoms with Gasteiger partial charge < -0.3 is 9.72 Å². The molecule has 0 radical (unpaired) electrons. The van der Waals surface area contributed by atoms with Gasteiger partial charge in [0.15, 0.2) is 0 Å². The smallest absolute Gasteiger partial charge is 0.251 e. The molecule has 4 heteroatoms. The summed E-state index contributed by atoms with van der Waals surface area (Å²) in [5.41, 5.74) is 1.58. The van der Waals surface area contributed by atoms with Crippen molar-refractivity contribution in [2.75, 3.05) is 13.2 Å². The molecule has 2 aromatic rings. The highest BCUT2D eigenvalue weighted by molar-refractivity contribution is 5.58. The number of nitrogens with zero attached hydrogens (tertiary/aromatic N) is 1. The number of aromatic amines is 1. The Hall–Kier alpha value is -1.94. The van der Waals surface area contributed by atoms with Crippen molar-refractivity contribution in [2.24, 2.45) is 0 Å². The van der Waals surface area contributed by atoms with Crippen LogP contribution >= 0.6 is 0 Å². The lowest BCUT2D eigenvalue weighted by atomic mass is 10.1. The lowest BCUT2D eigenvalue weighted by molar-refractivity contribution is 0.193. The SMILES string of the molecule is O=c1cc(-c2ccccc2)nc(C2CCOC2)[nH]1. The number of ether oxygens (including phenoxy) is 1. The summed E-state index contributed by atoms with van der Waals surface area (Å²) in [4.78, 5) is 19.1. The molecule has 18 heavy (non-hydrogen) atoms. The minimum Gasteiger partial charge on any atom is -0.381 e. The first-order valence-corrected chi connectivity index (χ1v) is 6.07. The fourth-order valence-electron chi connectivity index (χ4n) is 2.18. The molecule has 1 fully saturated rings. The maximum absolute atomic E-state index is 11.7. The zero-order chi connectivity index (χ0) is 12.4. The third-order valence-corrected chi connectivity index (χ3v) is 3.15. The molecule has 0 spiro atoms. The van der Waals surface area contributed by atoms with Gasteiger partial charge in [-0.05, 0) is 6.42 Å². The van der Waals surface area contributed by atoms with E-state index < -0.39 is 0 Å². The van der Waals surface area contributed by atoms with Gasteiger partial charge in [-0.15, -0.1) is 0 Å². The molecule has 1 saturated heterocycles. The predicted octanol–water partition coefficient (Wildman–Crippen LogP) is 1.94. The molecule has 0 amide bonds. The molecule has 92 valence electrons. The van der Waals surface area contributed by atoms with E-state index in [1.54, 1.807) is 0 Å². The van der Waals surface area contributed by atoms with E-state index in [-0.39, 0.29) is 11.5 Å². The number of benzene rings is 1. The molecule has 0 bridgehead atoms. The van der Waals surface area contributed by atoms with E-state index >= 15 is 0 Å². The summed E-state index contributed by atoms with van der Waals surface area (Å²) >= 11 is 0. The molecule has 4 nitrogen and oxygen atoms in total. The molecule has 1 atom stereocenters. The summed E-state index contributed by atoms with van der Waals surface area (Å²) in [6.45, 7) is 1.38. The highest BCUT2D eigenvalue weighted by Gasteiger charge is 2.20. The standard InChI is InChI=1S/C14H14N2O2/c17-13-8-12(10-4-2-1-3-5-10)15-14(16-13)11-6-7-18-9-11/h1-5,8,11H,6-7,9H2,(H,15,16,17). The topological polar surface area (TPSA) is 55.0 Å². The Balaban J connectivity index is 2.03. The van der Waals surface area contributed by atoms with Crippen molar-refractivity contribution >= 4 is 0 Å². The Morgan fingerprint density at radius 2 is 2.11 bits per heavy atom. The highest BCUT2D eigenvalue weighted by Crippen LogP contribution is 2.23. The molecule has 1 aromatic carbocycles. The van der Waals surface area contributed by atoms with Crippen LogP contribution in [-0.2, 0) is 4.74 Å². The predicted molar refractivity (Wildman–Crippen MR) is 68.5 cm³/mol. The van der Waals surface area contributed by atoms with Crippen LogP contribution in [0.4, 0.5) is 0 Å². The van der Waals surface area contributed by atoms with Gasteiger partial charge in [0.05, 0.1) is 12.3 Å². The minimum absolute atomic E-state index is 0.106. The van der Waals surface area contributed by atoms with Crippen LogP contribution < -0.4 is 5.56 Å². The first kappa shape index (κ1) is 11.2. The third-order valence-electron chi connectivity index (χ3n) is 3.15. The average Bonchev–Trinajstić information content (AvgIpc) is 2.93. The average molecular weight is 242 g/mol. The molecule has 1 aliphatic rings. The third kappa shape index (κ3) is 2.19. The fourth-order valence-corrected chi connectivity index (χ4v) is 2.18. The fraction of sp³-hybridized carbons (Fsp3) is 0.286. The van der Waals surface area contributed by atoms with Crippen molar-refractivity contribution in [3.05, 3.63) is 52.6 Å². The Morgan fingerprint density at radius 3 is 2.83 bits per heavy atom. The number of H-pyrrole nitrogens is 1. The van der Waals surface area contributed by atoms with E-state index in [1.807, 2.05) is 30.3 Å². The second-order valence-corrected chi connectivity index (χ2v) is 4.44. The number of hydrogen-bond acceptors (Lipinski definition) is 3. The van der Waals surface area contributed by atoms with E-state index in [2.05, 4.69) is 9.97 Å². The number of hydrogen-bond donors (Lipinski definition) is 1. The van der Waals surface area contributed by atoms with Crippen molar-refractivity contribution in [1.82, 2.24) is 9.97 Å². The van der Waals surface area contributed by atoms with Crippen molar-refractivity contribution in [3.8, 4) is 11.3 Å². The van der Waals surface area contributed by atoms with E-state index in [0.29, 0.717) is 6.61 Å². The van der Waals surface area contributed by atoms with E-state index in [0.717, 1.165) is 30.1 Å². The Kier molecular flexibility index (Phi) is 2.94. The monoisotopic (exact) mass is 242 g/mol. The molecule has 1 unspecified atom stereocenters. The largest absolute Gasteiger partial charge is 0.381 e. The van der Waals surface area contributed by atoms with Gasteiger partial charge in [0, 0.05) is 24.2 Å². The summed E-state index contributed by atoms with van der Waals surface area (Å²) in [5.74, 6) is 0.945. The van der Waals surface area contributed by atoms with Crippen molar-refractivity contribution in [2.45, 2.75) is 12.3 Å². The van der Waals surface area contributed by atoms with Crippen LogP contribution in [0, 0.1) is 0 Å². The summed E-state index contributed by atoms with van der Waals surface area (Å²) in [6.07, 6.45) is 0.918. The van der Waals surface area contributed by atoms with Gasteiger partial charge in [0.1, 0.15) is 5.82 Å². The number of nitrogens with one attached hydrogen (secondary N) is 1. The van der Waals surface area contributed by atoms with Crippen molar-refractivity contribution in [3.63, 3.8) is 0 Å².